The normalized spacial score (nSPS) is 22.4. The van der Waals surface area contributed by atoms with Crippen molar-refractivity contribution in [3.8, 4) is 11.1 Å². The Morgan fingerprint density at radius 2 is 1.08 bits per heavy atom. The van der Waals surface area contributed by atoms with Crippen LogP contribution in [0.3, 0.4) is 0 Å². The maximum atomic E-state index is 14.7. The van der Waals surface area contributed by atoms with Crippen molar-refractivity contribution in [2.24, 2.45) is 22.7 Å². The molecule has 20 heteroatoms. The molecule has 84 heavy (non-hydrogen) atoms. The van der Waals surface area contributed by atoms with Gasteiger partial charge in [-0.2, -0.15) is 0 Å². The lowest BCUT2D eigenvalue weighted by molar-refractivity contribution is -0.146. The van der Waals surface area contributed by atoms with Crippen molar-refractivity contribution >= 4 is 55.2 Å². The number of nitrogens with zero attached hydrogens (tertiary/aromatic N) is 2. The summed E-state index contributed by atoms with van der Waals surface area (Å²) in [4.78, 5) is 87.7. The molecule has 6 N–H and O–H groups in total. The number of rotatable bonds is 20. The monoisotopic (exact) mass is 1190 g/mol. The number of nitrogens with one attached hydrogen (secondary N) is 6. The second kappa shape index (κ2) is 26.1. The molecule has 10 atom stereocenters. The number of fused-ring (bicyclic) bond motifs is 2. The van der Waals surface area contributed by atoms with Crippen molar-refractivity contribution < 1.29 is 45.6 Å². The summed E-state index contributed by atoms with van der Waals surface area (Å²) in [5.74, 6) is -3.94. The summed E-state index contributed by atoms with van der Waals surface area (Å²) >= 11 is 0. The van der Waals surface area contributed by atoms with Crippen LogP contribution in [0.5, 0.6) is 0 Å². The van der Waals surface area contributed by atoms with Gasteiger partial charge in [-0.1, -0.05) is 114 Å². The van der Waals surface area contributed by atoms with Crippen molar-refractivity contribution in [1.82, 2.24) is 41.1 Å². The quantitative estimate of drug-likeness (QED) is 0.0567. The molecule has 2 saturated heterocycles. The van der Waals surface area contributed by atoms with Crippen LogP contribution >= 0.6 is 0 Å². The molecule has 0 saturated carbocycles. The average molecular weight is 1190 g/mol. The van der Waals surface area contributed by atoms with Crippen molar-refractivity contribution in [2.45, 2.75) is 171 Å². The first-order valence-corrected chi connectivity index (χ1v) is 32.7. The Morgan fingerprint density at radius 3 is 1.58 bits per heavy atom. The minimum absolute atomic E-state index is 0.00702. The van der Waals surface area contributed by atoms with Gasteiger partial charge < -0.3 is 36.4 Å². The van der Waals surface area contributed by atoms with Crippen LogP contribution in [-0.4, -0.2) is 131 Å². The molecule has 1 unspecified atom stereocenters. The summed E-state index contributed by atoms with van der Waals surface area (Å²) in [7, 11) is -4.89. The molecule has 2 fully saturated rings. The van der Waals surface area contributed by atoms with Crippen molar-refractivity contribution in [2.75, 3.05) is 32.9 Å². The van der Waals surface area contributed by atoms with Gasteiger partial charge in [0, 0.05) is 31.5 Å². The van der Waals surface area contributed by atoms with Gasteiger partial charge in [0.25, 0.3) is 0 Å². The number of hydrogen-bond acceptors (Lipinski definition) is 12. The number of benzene rings is 4. The number of ketones is 1. The molecule has 454 valence electrons. The van der Waals surface area contributed by atoms with Crippen molar-refractivity contribution in [3.63, 3.8) is 0 Å². The number of carbonyl (C=O) groups excluding carboxylic acids is 6. The lowest BCUT2D eigenvalue weighted by atomic mass is 9.76. The highest BCUT2D eigenvalue weighted by atomic mass is 32.2. The SMILES string of the molecule is CN[C@@H](C)C(=O)C[C@H](C(=O)N1C[C@@H](NS(=O)(=O)c2ccc(-c3ccc(S(=O)(=O)C[C@H]4C[C@@H](C(=O)NC5CCCc6ccccc65)N(C(=O)[C@@H](NC(=O)[C@H](C)NC)C(C)(C)C)C4)cc3)cc2)C[C@H]1C(=O)N[C@@H]1CCCc2ccccc21)C(C)(C)C. The lowest BCUT2D eigenvalue weighted by Gasteiger charge is -2.36. The van der Waals surface area contributed by atoms with Crippen molar-refractivity contribution in [1.29, 1.82) is 0 Å². The predicted molar refractivity (Wildman–Crippen MR) is 323 cm³/mol. The highest BCUT2D eigenvalue weighted by molar-refractivity contribution is 7.91. The summed E-state index contributed by atoms with van der Waals surface area (Å²) in [6, 6.07) is 22.7. The topological polar surface area (TPSA) is 249 Å². The third-order valence-corrected chi connectivity index (χ3v) is 21.0. The van der Waals surface area contributed by atoms with Crippen LogP contribution < -0.4 is 31.3 Å². The van der Waals surface area contributed by atoms with E-state index in [-0.39, 0.29) is 77.6 Å². The third-order valence-electron chi connectivity index (χ3n) is 17.6. The third kappa shape index (κ3) is 14.7. The van der Waals surface area contributed by atoms with Gasteiger partial charge in [0.05, 0.1) is 39.7 Å². The fourth-order valence-corrected chi connectivity index (χ4v) is 15.2. The molecule has 18 nitrogen and oxygen atoms in total. The van der Waals surface area contributed by atoms with Gasteiger partial charge in [0.15, 0.2) is 9.84 Å². The number of carbonyl (C=O) groups is 6. The molecule has 5 amide bonds. The minimum Gasteiger partial charge on any atom is -0.347 e. The highest BCUT2D eigenvalue weighted by Gasteiger charge is 2.48. The Hall–Kier alpha value is -6.32. The first-order chi connectivity index (χ1) is 39.6. The number of hydrogen-bond donors (Lipinski definition) is 6. The van der Waals surface area contributed by atoms with E-state index in [4.69, 9.17) is 0 Å². The molecule has 4 aromatic carbocycles. The van der Waals surface area contributed by atoms with E-state index in [0.717, 1.165) is 47.9 Å². The largest absolute Gasteiger partial charge is 0.347 e. The summed E-state index contributed by atoms with van der Waals surface area (Å²) in [5, 5.41) is 15.1. The molecule has 8 rings (SSSR count). The second-order valence-electron chi connectivity index (χ2n) is 25.7. The zero-order valence-electron chi connectivity index (χ0n) is 50.3. The van der Waals surface area contributed by atoms with Gasteiger partial charge >= 0.3 is 0 Å². The number of Topliss-reactive ketones (excluding diaryl/α,β-unsaturated/α-hetero) is 1. The molecule has 0 bridgehead atoms. The molecule has 2 aliphatic heterocycles. The summed E-state index contributed by atoms with van der Waals surface area (Å²) in [6.07, 6.45) is 4.98. The second-order valence-corrected chi connectivity index (χ2v) is 29.5. The Kier molecular flexibility index (Phi) is 19.8. The highest BCUT2D eigenvalue weighted by Crippen LogP contribution is 2.37. The van der Waals surface area contributed by atoms with Gasteiger partial charge in [-0.3, -0.25) is 28.8 Å². The van der Waals surface area contributed by atoms with Gasteiger partial charge in [-0.15, -0.1) is 0 Å². The first-order valence-electron chi connectivity index (χ1n) is 29.6. The van der Waals surface area contributed by atoms with Gasteiger partial charge in [-0.05, 0) is 154 Å². The molecule has 2 heterocycles. The maximum absolute atomic E-state index is 14.7. The molecule has 4 aliphatic rings. The van der Waals surface area contributed by atoms with Crippen LogP contribution in [0.15, 0.2) is 107 Å². The number of amides is 5. The number of likely N-dealkylation sites (tertiary alicyclic amines) is 2. The molecule has 4 aromatic rings. The van der Waals surface area contributed by atoms with Gasteiger partial charge in [0.2, 0.25) is 39.6 Å². The van der Waals surface area contributed by atoms with E-state index in [0.29, 0.717) is 24.0 Å². The number of sulfone groups is 1. The van der Waals surface area contributed by atoms with Gasteiger partial charge in [0.1, 0.15) is 23.9 Å². The average Bonchev–Trinajstić information content (AvgIpc) is 4.08. The van der Waals surface area contributed by atoms with E-state index >= 15 is 0 Å². The molecule has 0 radical (unpaired) electrons. The maximum Gasteiger partial charge on any atom is 0.246 e. The van der Waals surface area contributed by atoms with Crippen LogP contribution in [0.2, 0.25) is 0 Å². The zero-order valence-corrected chi connectivity index (χ0v) is 51.9. The van der Waals surface area contributed by atoms with E-state index in [1.165, 1.54) is 34.1 Å². The lowest BCUT2D eigenvalue weighted by Crippen LogP contribution is -2.59. The standard InChI is InChI=1S/C64H86N8O10S2/c1-39(65-9)56(73)35-51(63(3,4)5)61(77)72-37-46(34-55(72)60(76)68-53-24-16-20-45-18-12-14-22-50(45)53)70-84(81,82)48-31-27-43(28-32-48)42-25-29-47(30-26-42)83(79,80)38-41-33-54(59(75)67-52-23-15-19-44-17-11-13-21-49(44)52)71(36-41)62(78)57(64(6,7)8)69-58(74)40(2)66-10/h11-14,17-18,21-22,25-32,39-41,46,51-55,57,65-66,70H,15-16,19-20,23-24,33-38H2,1-10H3,(H,67,75)(H,68,76)(H,69,74)/t39-,40-,41-,46-,51+,52?,53+,54-,55-,57+/m0/s1. The molecule has 0 spiro atoms. The van der Waals surface area contributed by atoms with Crippen LogP contribution in [0.4, 0.5) is 0 Å². The smallest absolute Gasteiger partial charge is 0.246 e. The van der Waals surface area contributed by atoms with Crippen LogP contribution in [-0.2, 0) is 61.5 Å². The summed E-state index contributed by atoms with van der Waals surface area (Å²) in [6.45, 7) is 14.4. The van der Waals surface area contributed by atoms with Crippen LogP contribution in [0.25, 0.3) is 11.1 Å². The summed E-state index contributed by atoms with van der Waals surface area (Å²) in [5.41, 5.74) is 4.12. The fourth-order valence-electron chi connectivity index (χ4n) is 12.4. The number of likely N-dealkylation sites (N-methyl/N-ethyl adjacent to an activating group) is 2. The van der Waals surface area contributed by atoms with Gasteiger partial charge in [-0.25, -0.2) is 21.6 Å². The number of aryl methyl sites for hydroxylation is 2. The minimum atomic E-state index is -4.22. The Balaban J connectivity index is 0.967. The van der Waals surface area contributed by atoms with Crippen LogP contribution in [0.1, 0.15) is 135 Å². The van der Waals surface area contributed by atoms with E-state index < -0.39 is 96.5 Å². The molecular formula is C64H86N8O10S2. The Bertz CT molecular complexity index is 3090. The molecule has 0 aromatic heterocycles. The predicted octanol–water partition coefficient (Wildman–Crippen LogP) is 6.35. The van der Waals surface area contributed by atoms with E-state index in [1.54, 1.807) is 52.2 Å². The van der Waals surface area contributed by atoms with Crippen LogP contribution in [0, 0.1) is 22.7 Å². The molecular weight excluding hydrogens is 1100 g/mol. The van der Waals surface area contributed by atoms with E-state index in [1.807, 2.05) is 90.1 Å². The van der Waals surface area contributed by atoms with Crippen molar-refractivity contribution in [3.05, 3.63) is 119 Å². The molecule has 2 aliphatic carbocycles. The Labute approximate surface area is 496 Å². The number of sulfonamides is 1. The van der Waals surface area contributed by atoms with E-state index in [9.17, 15) is 45.6 Å². The Morgan fingerprint density at radius 1 is 0.595 bits per heavy atom. The summed E-state index contributed by atoms with van der Waals surface area (Å²) < 4.78 is 59.7. The first kappa shape index (κ1) is 63.7. The van der Waals surface area contributed by atoms with E-state index in [2.05, 4.69) is 31.3 Å². The zero-order chi connectivity index (χ0) is 61.1. The fraction of sp³-hybridized carbons (Fsp3) is 0.531.